The number of hydrogen-bond donors (Lipinski definition) is 2. The Bertz CT molecular complexity index is 1130. The van der Waals surface area contributed by atoms with E-state index in [2.05, 4.69) is 32.4 Å². The summed E-state index contributed by atoms with van der Waals surface area (Å²) in [6.07, 6.45) is 6.55. The van der Waals surface area contributed by atoms with Crippen LogP contribution >= 0.6 is 11.8 Å². The number of carbonyl (C=O) groups is 1. The van der Waals surface area contributed by atoms with Crippen LogP contribution in [0.25, 0.3) is 16.9 Å². The molecule has 2 aromatic heterocycles. The Labute approximate surface area is 177 Å². The smallest absolute Gasteiger partial charge is 0.269 e. The largest absolute Gasteiger partial charge is 0.353 e. The van der Waals surface area contributed by atoms with Crippen molar-refractivity contribution < 1.29 is 4.79 Å². The molecule has 2 bridgehead atoms. The summed E-state index contributed by atoms with van der Waals surface area (Å²) in [6, 6.07) is 7.34. The summed E-state index contributed by atoms with van der Waals surface area (Å²) in [4.78, 5) is 34.4. The summed E-state index contributed by atoms with van der Waals surface area (Å²) in [6.45, 7) is 2.12. The summed E-state index contributed by atoms with van der Waals surface area (Å²) in [5.74, 6) is 2.63. The molecule has 0 spiro atoms. The van der Waals surface area contributed by atoms with Gasteiger partial charge in [0.1, 0.15) is 6.33 Å². The van der Waals surface area contributed by atoms with E-state index < -0.39 is 0 Å². The van der Waals surface area contributed by atoms with Gasteiger partial charge in [-0.25, -0.2) is 14.6 Å². The fourth-order valence-electron chi connectivity index (χ4n) is 5.14. The minimum Gasteiger partial charge on any atom is -0.353 e. The van der Waals surface area contributed by atoms with Crippen LogP contribution in [0.1, 0.15) is 32.6 Å². The van der Waals surface area contributed by atoms with E-state index in [1.165, 1.54) is 48.3 Å². The molecule has 2 fully saturated rings. The molecule has 3 aromatic rings. The van der Waals surface area contributed by atoms with E-state index in [1.54, 1.807) is 18.2 Å². The van der Waals surface area contributed by atoms with Crippen LogP contribution in [0.2, 0.25) is 0 Å². The van der Waals surface area contributed by atoms with Crippen LogP contribution < -0.4 is 10.9 Å². The van der Waals surface area contributed by atoms with Crippen molar-refractivity contribution in [3.8, 4) is 5.95 Å². The van der Waals surface area contributed by atoms with E-state index in [0.717, 1.165) is 11.8 Å². The number of nitrogens with zero attached hydrogens (tertiary/aromatic N) is 4. The average Bonchev–Trinajstić information content (AvgIpc) is 3.51. The van der Waals surface area contributed by atoms with Gasteiger partial charge in [0, 0.05) is 6.04 Å². The number of aromatic nitrogens is 5. The summed E-state index contributed by atoms with van der Waals surface area (Å²) in [5, 5.41) is 10.6. The van der Waals surface area contributed by atoms with Crippen molar-refractivity contribution in [1.29, 1.82) is 0 Å². The number of aromatic amines is 1. The molecule has 2 N–H and O–H groups in total. The number of H-pyrrole nitrogens is 1. The fraction of sp³-hybridized carbons (Fsp3) is 0.476. The summed E-state index contributed by atoms with van der Waals surface area (Å²) >= 11 is 1.23. The van der Waals surface area contributed by atoms with Crippen molar-refractivity contribution in [3.63, 3.8) is 0 Å². The van der Waals surface area contributed by atoms with Crippen LogP contribution in [0.5, 0.6) is 0 Å². The highest BCUT2D eigenvalue weighted by molar-refractivity contribution is 7.99. The van der Waals surface area contributed by atoms with Gasteiger partial charge in [0.15, 0.2) is 5.16 Å². The molecule has 156 valence electrons. The maximum Gasteiger partial charge on any atom is 0.269 e. The van der Waals surface area contributed by atoms with E-state index in [-0.39, 0.29) is 29.2 Å². The highest BCUT2D eigenvalue weighted by Gasteiger charge is 2.42. The molecule has 4 atom stereocenters. The molecule has 30 heavy (non-hydrogen) atoms. The van der Waals surface area contributed by atoms with Crippen molar-refractivity contribution in [3.05, 3.63) is 40.9 Å². The predicted molar refractivity (Wildman–Crippen MR) is 115 cm³/mol. The molecule has 2 saturated carbocycles. The third-order valence-electron chi connectivity index (χ3n) is 6.52. The summed E-state index contributed by atoms with van der Waals surface area (Å²) in [7, 11) is 0. The van der Waals surface area contributed by atoms with Crippen LogP contribution in [0.3, 0.4) is 0 Å². The molecule has 0 radical (unpaired) electrons. The third-order valence-corrected chi connectivity index (χ3v) is 7.45. The number of nitrogens with one attached hydrogen (secondary N) is 2. The number of hydrogen-bond acceptors (Lipinski definition) is 6. The van der Waals surface area contributed by atoms with Crippen molar-refractivity contribution in [2.24, 2.45) is 17.8 Å². The number of fused-ring (bicyclic) bond motifs is 3. The van der Waals surface area contributed by atoms with Crippen LogP contribution in [0.4, 0.5) is 0 Å². The number of amides is 1. The maximum atomic E-state index is 13.0. The normalized spacial score (nSPS) is 23.7. The van der Waals surface area contributed by atoms with E-state index in [1.807, 2.05) is 6.07 Å². The monoisotopic (exact) mass is 424 g/mol. The highest BCUT2D eigenvalue weighted by Crippen LogP contribution is 2.49. The zero-order valence-corrected chi connectivity index (χ0v) is 17.6. The third kappa shape index (κ3) is 3.51. The minimum atomic E-state index is -0.240. The van der Waals surface area contributed by atoms with Crippen LogP contribution in [0, 0.1) is 17.8 Å². The Hall–Kier alpha value is -2.68. The van der Waals surface area contributed by atoms with E-state index >= 15 is 0 Å². The lowest BCUT2D eigenvalue weighted by Gasteiger charge is -2.28. The van der Waals surface area contributed by atoms with Gasteiger partial charge in [-0.15, -0.1) is 0 Å². The number of thioether (sulfide) groups is 1. The first kappa shape index (κ1) is 19.3. The first-order valence-corrected chi connectivity index (χ1v) is 11.4. The Morgan fingerprint density at radius 3 is 2.93 bits per heavy atom. The molecular weight excluding hydrogens is 400 g/mol. The molecular formula is C21H24N6O2S. The Balaban J connectivity index is 1.34. The number of benzene rings is 1. The van der Waals surface area contributed by atoms with Gasteiger partial charge in [-0.1, -0.05) is 30.3 Å². The SMILES string of the molecule is C[C@H](NC(=O)CSc1nc2ccccc2c(=O)n1-c1ncn[nH]1)[C@@H]1C[C@H]2CC[C@H]1C2. The Morgan fingerprint density at radius 2 is 2.20 bits per heavy atom. The quantitative estimate of drug-likeness (QED) is 0.465. The van der Waals surface area contributed by atoms with Gasteiger partial charge in [0.05, 0.1) is 16.7 Å². The molecule has 0 unspecified atom stereocenters. The predicted octanol–water partition coefficient (Wildman–Crippen LogP) is 2.54. The topological polar surface area (TPSA) is 106 Å². The number of rotatable bonds is 6. The molecule has 5 rings (SSSR count). The van der Waals surface area contributed by atoms with Gasteiger partial charge in [-0.05, 0) is 56.1 Å². The van der Waals surface area contributed by atoms with Gasteiger partial charge in [-0.3, -0.25) is 9.59 Å². The van der Waals surface area contributed by atoms with Gasteiger partial charge in [0.2, 0.25) is 11.9 Å². The first-order valence-electron chi connectivity index (χ1n) is 10.4. The lowest BCUT2D eigenvalue weighted by Crippen LogP contribution is -2.41. The minimum absolute atomic E-state index is 0.0400. The summed E-state index contributed by atoms with van der Waals surface area (Å²) < 4.78 is 1.38. The molecule has 9 heteroatoms. The molecule has 0 saturated heterocycles. The van der Waals surface area contributed by atoms with Gasteiger partial charge in [0.25, 0.3) is 5.56 Å². The van der Waals surface area contributed by atoms with Crippen LogP contribution in [-0.2, 0) is 4.79 Å². The van der Waals surface area contributed by atoms with Crippen LogP contribution in [0.15, 0.2) is 40.5 Å². The van der Waals surface area contributed by atoms with E-state index in [4.69, 9.17) is 0 Å². The standard InChI is InChI=1S/C21H24N6O2S/c1-12(16-9-13-6-7-14(16)8-13)24-18(28)10-30-21-25-17-5-3-2-4-15(17)19(29)27(21)20-22-11-23-26-20/h2-5,11-14,16H,6-10H2,1H3,(H,24,28)(H,22,23,26)/t12-,13-,14-,16-/m0/s1. The Morgan fingerprint density at radius 1 is 1.33 bits per heavy atom. The molecule has 2 aliphatic carbocycles. The van der Waals surface area contributed by atoms with E-state index in [9.17, 15) is 9.59 Å². The molecule has 0 aliphatic heterocycles. The van der Waals surface area contributed by atoms with Crippen molar-refractivity contribution in [2.75, 3.05) is 5.75 Å². The second kappa shape index (κ2) is 7.86. The fourth-order valence-corrected chi connectivity index (χ4v) is 5.95. The molecule has 8 nitrogen and oxygen atoms in total. The first-order chi connectivity index (χ1) is 14.6. The highest BCUT2D eigenvalue weighted by atomic mass is 32.2. The van der Waals surface area contributed by atoms with Gasteiger partial charge in [-0.2, -0.15) is 10.1 Å². The van der Waals surface area contributed by atoms with Gasteiger partial charge >= 0.3 is 0 Å². The molecule has 1 aromatic carbocycles. The second-order valence-electron chi connectivity index (χ2n) is 8.34. The Kier molecular flexibility index (Phi) is 5.06. The van der Waals surface area contributed by atoms with Gasteiger partial charge < -0.3 is 5.32 Å². The van der Waals surface area contributed by atoms with Crippen molar-refractivity contribution >= 4 is 28.6 Å². The lowest BCUT2D eigenvalue weighted by atomic mass is 9.84. The average molecular weight is 425 g/mol. The molecule has 2 heterocycles. The zero-order chi connectivity index (χ0) is 20.7. The molecule has 1 amide bonds. The summed E-state index contributed by atoms with van der Waals surface area (Å²) in [5.41, 5.74) is 0.354. The van der Waals surface area contributed by atoms with Crippen molar-refractivity contribution in [2.45, 2.75) is 43.8 Å². The lowest BCUT2D eigenvalue weighted by molar-refractivity contribution is -0.119. The second-order valence-corrected chi connectivity index (χ2v) is 9.29. The van der Waals surface area contributed by atoms with Crippen LogP contribution in [-0.4, -0.2) is 42.4 Å². The molecule has 2 aliphatic rings. The zero-order valence-electron chi connectivity index (χ0n) is 16.7. The maximum absolute atomic E-state index is 13.0. The number of para-hydroxylation sites is 1. The van der Waals surface area contributed by atoms with Crippen molar-refractivity contribution in [1.82, 2.24) is 30.0 Å². The van der Waals surface area contributed by atoms with E-state index in [0.29, 0.717) is 22.0 Å². The number of carbonyl (C=O) groups excluding carboxylic acids is 1.